The van der Waals surface area contributed by atoms with E-state index in [1.807, 2.05) is 27.7 Å². The zero-order valence-electron chi connectivity index (χ0n) is 25.8. The third-order valence-electron chi connectivity index (χ3n) is 7.47. The number of hydrogen-bond acceptors (Lipinski definition) is 4. The molecule has 0 unspecified atom stereocenters. The van der Waals surface area contributed by atoms with E-state index in [9.17, 15) is 9.90 Å². The molecule has 2 aromatic carbocycles. The molecule has 0 spiro atoms. The van der Waals surface area contributed by atoms with Crippen molar-refractivity contribution in [1.29, 1.82) is 0 Å². The largest absolute Gasteiger partial charge is 0 e. The minimum Gasteiger partial charge on any atom is 0 e. The van der Waals surface area contributed by atoms with E-state index in [4.69, 9.17) is 0 Å². The number of aliphatic hydroxyl groups is 1. The molecule has 4 rings (SSSR count). The van der Waals surface area contributed by atoms with Gasteiger partial charge in [-0.15, -0.1) is 0 Å². The minimum atomic E-state index is 0. The van der Waals surface area contributed by atoms with Gasteiger partial charge in [0, 0.05) is 38.0 Å². The Bertz CT molecular complexity index is 1450. The smallest absolute Gasteiger partial charge is 0 e. The summed E-state index contributed by atoms with van der Waals surface area (Å²) in [5, 5.41) is 11.1. The van der Waals surface area contributed by atoms with Crippen LogP contribution in [0, 0.1) is 37.7 Å². The number of benzene rings is 2. The van der Waals surface area contributed by atoms with E-state index in [1.165, 1.54) is 31.1 Å². The average Bonchev–Trinajstić information content (AvgIpc) is 3.29. The van der Waals surface area contributed by atoms with E-state index in [0.29, 0.717) is 5.92 Å². The van der Waals surface area contributed by atoms with Crippen LogP contribution in [-0.4, -0.2) is 35.4 Å². The SMILES string of the molecule is CCC(CC)C(=O)/C=C(\O)C(CC)CC.Cc1[c-]c(-c2ncnc3c2[se]c2c(CC(C)C)cccc23)cc(C)c1.[Ir]. The second-order valence-corrected chi connectivity index (χ2v) is 13.3. The van der Waals surface area contributed by atoms with Crippen LogP contribution in [0.3, 0.4) is 0 Å². The molecule has 0 aliphatic heterocycles. The van der Waals surface area contributed by atoms with Gasteiger partial charge in [-0.1, -0.05) is 27.7 Å². The molecule has 0 aliphatic carbocycles. The monoisotopic (exact) mass is 798 g/mol. The quantitative estimate of drug-likeness (QED) is 0.0754. The van der Waals surface area contributed by atoms with Gasteiger partial charge < -0.3 is 5.11 Å². The Morgan fingerprint density at radius 3 is 2.22 bits per heavy atom. The standard InChI is InChI=1S/C22H21N2Se.C13H24O2.Ir/c1-13(2)8-16-6-5-7-18-20-22(25-21(16)18)19(23-12-24-20)17-10-14(3)9-15(4)11-17;1-5-10(6-2)12(14)9-13(15)11(7-3)8-4;/h5-7,9-10,12-13H,8H2,1-4H3;9-11,14H,5-8H2,1-4H3;/q-1;;/b;12-9-;. The maximum atomic E-state index is 11.7. The summed E-state index contributed by atoms with van der Waals surface area (Å²) in [4.78, 5) is 21.0. The molecule has 0 amide bonds. The summed E-state index contributed by atoms with van der Waals surface area (Å²) < 4.78 is 2.80. The number of nitrogens with zero attached hydrogens (tertiary/aromatic N) is 2. The van der Waals surface area contributed by atoms with E-state index in [1.54, 1.807) is 6.33 Å². The fraction of sp³-hybridized carbons (Fsp3) is 0.457. The number of carbonyl (C=O) groups excluding carboxylic acids is 1. The van der Waals surface area contributed by atoms with Crippen LogP contribution >= 0.6 is 0 Å². The van der Waals surface area contributed by atoms with Crippen molar-refractivity contribution >= 4 is 39.7 Å². The number of fused-ring (bicyclic) bond motifs is 3. The second-order valence-electron chi connectivity index (χ2n) is 11.1. The van der Waals surface area contributed by atoms with Crippen molar-refractivity contribution in [2.45, 2.75) is 87.5 Å². The third kappa shape index (κ3) is 8.94. The van der Waals surface area contributed by atoms with Crippen LogP contribution < -0.4 is 0 Å². The minimum absolute atomic E-state index is 0. The number of carbonyl (C=O) groups is 1. The van der Waals surface area contributed by atoms with E-state index in [2.05, 4.69) is 74.1 Å². The average molecular weight is 797 g/mol. The number of allylic oxidation sites excluding steroid dienone is 2. The summed E-state index contributed by atoms with van der Waals surface area (Å²) in [5.74, 6) is 1.20. The molecule has 0 bridgehead atoms. The molecule has 2 heterocycles. The first-order chi connectivity index (χ1) is 19.1. The number of aryl methyl sites for hydroxylation is 2. The topological polar surface area (TPSA) is 63.1 Å². The fourth-order valence-electron chi connectivity index (χ4n) is 5.25. The van der Waals surface area contributed by atoms with E-state index in [-0.39, 0.29) is 58.0 Å². The normalized spacial score (nSPS) is 11.7. The molecule has 2 aromatic heterocycles. The molecule has 6 heteroatoms. The molecule has 41 heavy (non-hydrogen) atoms. The zero-order valence-corrected chi connectivity index (χ0v) is 29.9. The molecule has 4 aromatic rings. The Morgan fingerprint density at radius 2 is 1.63 bits per heavy atom. The predicted octanol–water partition coefficient (Wildman–Crippen LogP) is 8.99. The van der Waals surface area contributed by atoms with Gasteiger partial charge in [0.15, 0.2) is 5.78 Å². The molecule has 0 saturated carbocycles. The number of ketones is 1. The Balaban J connectivity index is 0.000000320. The predicted molar refractivity (Wildman–Crippen MR) is 170 cm³/mol. The van der Waals surface area contributed by atoms with E-state index < -0.39 is 0 Å². The van der Waals surface area contributed by atoms with E-state index in [0.717, 1.165) is 54.4 Å². The maximum absolute atomic E-state index is 11.7. The van der Waals surface area contributed by atoms with Crippen LogP contribution in [0.4, 0.5) is 0 Å². The van der Waals surface area contributed by atoms with Crippen molar-refractivity contribution in [3.05, 3.63) is 71.3 Å². The first-order valence-electron chi connectivity index (χ1n) is 14.7. The molecule has 0 atom stereocenters. The number of rotatable bonds is 10. The molecule has 0 fully saturated rings. The first-order valence-corrected chi connectivity index (χ1v) is 16.4. The second kappa shape index (κ2) is 16.5. The molecule has 1 N–H and O–H groups in total. The van der Waals surface area contributed by atoms with Crippen molar-refractivity contribution < 1.29 is 30.0 Å². The number of aromatic nitrogens is 2. The van der Waals surface area contributed by atoms with Gasteiger partial charge >= 0.3 is 155 Å². The van der Waals surface area contributed by atoms with Gasteiger partial charge in [0.1, 0.15) is 0 Å². The maximum Gasteiger partial charge on any atom is 0 e. The molecule has 0 aliphatic rings. The van der Waals surface area contributed by atoms with Crippen LogP contribution in [0.15, 0.2) is 48.5 Å². The Hall–Kier alpha value is -2.10. The van der Waals surface area contributed by atoms with Gasteiger partial charge in [0.2, 0.25) is 0 Å². The van der Waals surface area contributed by atoms with Gasteiger partial charge in [-0.25, -0.2) is 0 Å². The molecule has 1 radical (unpaired) electrons. The van der Waals surface area contributed by atoms with Crippen LogP contribution in [0.25, 0.3) is 30.7 Å². The summed E-state index contributed by atoms with van der Waals surface area (Å²) in [5.41, 5.74) is 7.16. The van der Waals surface area contributed by atoms with Crippen LogP contribution in [-0.2, 0) is 31.3 Å². The number of aliphatic hydroxyl groups excluding tert-OH is 1. The van der Waals surface area contributed by atoms with Gasteiger partial charge in [-0.2, -0.15) is 0 Å². The number of hydrogen-bond donors (Lipinski definition) is 1. The van der Waals surface area contributed by atoms with Gasteiger partial charge in [0.05, 0.1) is 5.76 Å². The zero-order chi connectivity index (χ0) is 29.4. The summed E-state index contributed by atoms with van der Waals surface area (Å²) in [6.07, 6.45) is 7.74. The first kappa shape index (κ1) is 35.1. The summed E-state index contributed by atoms with van der Waals surface area (Å²) >= 11 is 0.248. The van der Waals surface area contributed by atoms with Crippen molar-refractivity contribution in [3.8, 4) is 11.3 Å². The molecular weight excluding hydrogens is 752 g/mol. The molecule has 223 valence electrons. The fourth-order valence-corrected chi connectivity index (χ4v) is 7.94. The summed E-state index contributed by atoms with van der Waals surface area (Å²) in [6, 6.07) is 14.5. The molecular formula is C35H45IrN2O2Se-. The van der Waals surface area contributed by atoms with Crippen LogP contribution in [0.5, 0.6) is 0 Å². The van der Waals surface area contributed by atoms with Crippen molar-refractivity contribution in [1.82, 2.24) is 9.97 Å². The van der Waals surface area contributed by atoms with Crippen molar-refractivity contribution in [3.63, 3.8) is 0 Å². The van der Waals surface area contributed by atoms with Gasteiger partial charge in [0.25, 0.3) is 0 Å². The summed E-state index contributed by atoms with van der Waals surface area (Å²) in [6.45, 7) is 16.9. The van der Waals surface area contributed by atoms with Crippen LogP contribution in [0.2, 0.25) is 0 Å². The van der Waals surface area contributed by atoms with Gasteiger partial charge in [-0.05, 0) is 25.7 Å². The molecule has 4 nitrogen and oxygen atoms in total. The van der Waals surface area contributed by atoms with Crippen molar-refractivity contribution in [2.75, 3.05) is 0 Å². The van der Waals surface area contributed by atoms with Crippen LogP contribution in [0.1, 0.15) is 83.9 Å². The third-order valence-corrected chi connectivity index (χ3v) is 10.2. The van der Waals surface area contributed by atoms with Crippen molar-refractivity contribution in [2.24, 2.45) is 17.8 Å². The van der Waals surface area contributed by atoms with Gasteiger partial charge in [-0.3, -0.25) is 4.79 Å². The Labute approximate surface area is 266 Å². The Kier molecular flexibility index (Phi) is 14.1. The summed E-state index contributed by atoms with van der Waals surface area (Å²) in [7, 11) is 0. The van der Waals surface area contributed by atoms with E-state index >= 15 is 0 Å². The Morgan fingerprint density at radius 1 is 0.976 bits per heavy atom. The molecule has 0 saturated heterocycles.